The van der Waals surface area contributed by atoms with Crippen molar-refractivity contribution in [2.24, 2.45) is 5.73 Å². The molecule has 2 amide bonds. The van der Waals surface area contributed by atoms with Gasteiger partial charge in [0.15, 0.2) is 5.69 Å². The van der Waals surface area contributed by atoms with E-state index in [2.05, 4.69) is 15.6 Å². The number of benzene rings is 2. The number of primary amides is 1. The first kappa shape index (κ1) is 21.0. The topological polar surface area (TPSA) is 110 Å². The molecule has 3 aromatic rings. The Morgan fingerprint density at radius 3 is 2.37 bits per heavy atom. The average Bonchev–Trinajstić information content (AvgIpc) is 3.12. The van der Waals surface area contributed by atoms with Crippen LogP contribution in [0.2, 0.25) is 0 Å². The van der Waals surface area contributed by atoms with Crippen molar-refractivity contribution in [2.75, 3.05) is 11.9 Å². The summed E-state index contributed by atoms with van der Waals surface area (Å²) in [5, 5.41) is 5.60. The van der Waals surface area contributed by atoms with E-state index in [-0.39, 0.29) is 17.5 Å². The Hall–Kier alpha value is -3.75. The number of rotatable bonds is 8. The fourth-order valence-electron chi connectivity index (χ4n) is 2.70. The zero-order chi connectivity index (χ0) is 21.7. The van der Waals surface area contributed by atoms with Gasteiger partial charge in [-0.1, -0.05) is 19.4 Å². The summed E-state index contributed by atoms with van der Waals surface area (Å²) < 4.78 is 33.4. The number of carbonyl (C=O) groups excluding carboxylic acids is 2. The number of anilines is 2. The summed E-state index contributed by atoms with van der Waals surface area (Å²) in [4.78, 5) is 27.6. The maximum atomic E-state index is 14.0. The quantitative estimate of drug-likeness (QED) is 0.483. The predicted molar refractivity (Wildman–Crippen MR) is 107 cm³/mol. The third kappa shape index (κ3) is 4.62. The Balaban J connectivity index is 1.83. The number of nitrogens with zero attached hydrogens (tertiary/aromatic N) is 1. The van der Waals surface area contributed by atoms with E-state index < -0.39 is 29.0 Å². The Bertz CT molecular complexity index is 1040. The fourth-order valence-corrected chi connectivity index (χ4v) is 2.70. The molecule has 0 aliphatic heterocycles. The lowest BCUT2D eigenvalue weighted by Gasteiger charge is -2.07. The lowest BCUT2D eigenvalue weighted by Crippen LogP contribution is -2.24. The van der Waals surface area contributed by atoms with Crippen LogP contribution in [0.3, 0.4) is 0 Å². The van der Waals surface area contributed by atoms with Crippen molar-refractivity contribution < 1.29 is 22.8 Å². The summed E-state index contributed by atoms with van der Waals surface area (Å²) >= 11 is 0. The first-order chi connectivity index (χ1) is 14.4. The largest absolute Gasteiger partial charge is 0.419 e. The summed E-state index contributed by atoms with van der Waals surface area (Å²) in [6.45, 7) is 2.62. The standard InChI is InChI=1S/C21H20F2N4O3/c1-2-3-11-25-19(29)12-7-9-13(10-8-12)26-21-17(18(24)28)27-20(30-21)16-14(22)5-4-6-15(16)23/h4-10,26H,2-3,11H2,1H3,(H2,24,28)(H,25,29). The summed E-state index contributed by atoms with van der Waals surface area (Å²) in [6, 6.07) is 9.64. The van der Waals surface area contributed by atoms with Crippen LogP contribution in [0, 0.1) is 11.6 Å². The highest BCUT2D eigenvalue weighted by Crippen LogP contribution is 2.31. The lowest BCUT2D eigenvalue weighted by atomic mass is 10.2. The molecular weight excluding hydrogens is 394 g/mol. The van der Waals surface area contributed by atoms with E-state index in [0.29, 0.717) is 17.8 Å². The van der Waals surface area contributed by atoms with Gasteiger partial charge in [-0.05, 0) is 42.8 Å². The van der Waals surface area contributed by atoms with E-state index in [1.165, 1.54) is 6.07 Å². The fraction of sp³-hybridized carbons (Fsp3) is 0.190. The second-order valence-electron chi connectivity index (χ2n) is 6.47. The molecule has 0 fully saturated rings. The minimum absolute atomic E-state index is 0.166. The molecule has 0 radical (unpaired) electrons. The molecule has 1 aromatic heterocycles. The van der Waals surface area contributed by atoms with E-state index in [0.717, 1.165) is 25.0 Å². The number of aromatic nitrogens is 1. The summed E-state index contributed by atoms with van der Waals surface area (Å²) in [5.74, 6) is -3.51. The molecule has 0 spiro atoms. The summed E-state index contributed by atoms with van der Waals surface area (Å²) in [7, 11) is 0. The molecule has 0 saturated carbocycles. The van der Waals surface area contributed by atoms with Crippen LogP contribution >= 0.6 is 0 Å². The second kappa shape index (κ2) is 9.17. The molecule has 0 bridgehead atoms. The van der Waals surface area contributed by atoms with Crippen LogP contribution in [0.1, 0.15) is 40.6 Å². The highest BCUT2D eigenvalue weighted by atomic mass is 19.1. The Kier molecular flexibility index (Phi) is 6.41. The van der Waals surface area contributed by atoms with Gasteiger partial charge < -0.3 is 20.8 Å². The molecule has 7 nitrogen and oxygen atoms in total. The van der Waals surface area contributed by atoms with Gasteiger partial charge in [0.05, 0.1) is 0 Å². The normalized spacial score (nSPS) is 10.6. The average molecular weight is 414 g/mol. The lowest BCUT2D eigenvalue weighted by molar-refractivity contribution is 0.0951. The molecule has 0 aliphatic carbocycles. The van der Waals surface area contributed by atoms with E-state index in [1.54, 1.807) is 24.3 Å². The highest BCUT2D eigenvalue weighted by Gasteiger charge is 2.23. The van der Waals surface area contributed by atoms with Crippen LogP contribution in [-0.4, -0.2) is 23.3 Å². The number of hydrogen-bond donors (Lipinski definition) is 3. The SMILES string of the molecule is CCCCNC(=O)c1ccc(Nc2oc(-c3c(F)cccc3F)nc2C(N)=O)cc1. The van der Waals surface area contributed by atoms with Crippen molar-refractivity contribution in [2.45, 2.75) is 19.8 Å². The van der Waals surface area contributed by atoms with Gasteiger partial charge in [-0.2, -0.15) is 0 Å². The Morgan fingerprint density at radius 1 is 1.10 bits per heavy atom. The minimum Gasteiger partial charge on any atom is -0.419 e. The van der Waals surface area contributed by atoms with Crippen LogP contribution in [0.5, 0.6) is 0 Å². The van der Waals surface area contributed by atoms with Crippen LogP contribution in [-0.2, 0) is 0 Å². The molecular formula is C21H20F2N4O3. The van der Waals surface area contributed by atoms with E-state index in [1.807, 2.05) is 6.92 Å². The van der Waals surface area contributed by atoms with Crippen molar-refractivity contribution in [3.8, 4) is 11.5 Å². The van der Waals surface area contributed by atoms with Gasteiger partial charge in [0, 0.05) is 17.8 Å². The molecule has 3 rings (SSSR count). The Morgan fingerprint density at radius 2 is 1.77 bits per heavy atom. The van der Waals surface area contributed by atoms with Gasteiger partial charge in [0.1, 0.15) is 17.2 Å². The highest BCUT2D eigenvalue weighted by molar-refractivity contribution is 5.97. The number of unbranched alkanes of at least 4 members (excludes halogenated alkanes) is 1. The monoisotopic (exact) mass is 414 g/mol. The molecule has 0 saturated heterocycles. The number of halogens is 2. The van der Waals surface area contributed by atoms with Crippen LogP contribution in [0.25, 0.3) is 11.5 Å². The molecule has 1 heterocycles. The zero-order valence-electron chi connectivity index (χ0n) is 16.2. The molecule has 0 aliphatic rings. The van der Waals surface area contributed by atoms with Gasteiger partial charge >= 0.3 is 0 Å². The molecule has 9 heteroatoms. The molecule has 156 valence electrons. The van der Waals surface area contributed by atoms with Gasteiger partial charge in [0.2, 0.25) is 11.8 Å². The summed E-state index contributed by atoms with van der Waals surface area (Å²) in [6.07, 6.45) is 1.86. The zero-order valence-corrected chi connectivity index (χ0v) is 16.2. The van der Waals surface area contributed by atoms with Gasteiger partial charge in [-0.15, -0.1) is 0 Å². The van der Waals surface area contributed by atoms with Crippen LogP contribution < -0.4 is 16.4 Å². The number of oxazole rings is 1. The maximum Gasteiger partial charge on any atom is 0.273 e. The third-order valence-corrected chi connectivity index (χ3v) is 4.26. The van der Waals surface area contributed by atoms with E-state index in [4.69, 9.17) is 10.2 Å². The van der Waals surface area contributed by atoms with Crippen molar-refractivity contribution in [3.05, 3.63) is 65.4 Å². The number of nitrogens with one attached hydrogen (secondary N) is 2. The molecule has 0 unspecified atom stereocenters. The van der Waals surface area contributed by atoms with E-state index >= 15 is 0 Å². The van der Waals surface area contributed by atoms with Gasteiger partial charge in [-0.25, -0.2) is 13.8 Å². The number of nitrogens with two attached hydrogens (primary N) is 1. The first-order valence-corrected chi connectivity index (χ1v) is 9.31. The van der Waals surface area contributed by atoms with Gasteiger partial charge in [-0.3, -0.25) is 9.59 Å². The van der Waals surface area contributed by atoms with Crippen molar-refractivity contribution in [1.29, 1.82) is 0 Å². The van der Waals surface area contributed by atoms with Crippen molar-refractivity contribution >= 4 is 23.4 Å². The van der Waals surface area contributed by atoms with Crippen molar-refractivity contribution in [1.82, 2.24) is 10.3 Å². The third-order valence-electron chi connectivity index (χ3n) is 4.26. The second-order valence-corrected chi connectivity index (χ2v) is 6.47. The molecule has 0 atom stereocenters. The molecule has 30 heavy (non-hydrogen) atoms. The number of amides is 2. The molecule has 2 aromatic carbocycles. The maximum absolute atomic E-state index is 14.0. The first-order valence-electron chi connectivity index (χ1n) is 9.31. The predicted octanol–water partition coefficient (Wildman–Crippen LogP) is 3.99. The Labute approximate surface area is 171 Å². The van der Waals surface area contributed by atoms with Crippen LogP contribution in [0.4, 0.5) is 20.4 Å². The van der Waals surface area contributed by atoms with Gasteiger partial charge in [0.25, 0.3) is 11.8 Å². The summed E-state index contributed by atoms with van der Waals surface area (Å²) in [5.41, 5.74) is 5.41. The van der Waals surface area contributed by atoms with Crippen molar-refractivity contribution in [3.63, 3.8) is 0 Å². The number of hydrogen-bond acceptors (Lipinski definition) is 5. The molecule has 4 N–H and O–H groups in total. The smallest absolute Gasteiger partial charge is 0.273 e. The van der Waals surface area contributed by atoms with Crippen LogP contribution in [0.15, 0.2) is 46.9 Å². The number of carbonyl (C=O) groups is 2. The van der Waals surface area contributed by atoms with E-state index in [9.17, 15) is 18.4 Å². The minimum atomic E-state index is -0.934.